The zero-order valence-corrected chi connectivity index (χ0v) is 15.1. The van der Waals surface area contributed by atoms with Crippen molar-refractivity contribution in [2.45, 2.75) is 76.7 Å². The maximum Gasteiger partial charge on any atom is 0.349 e. The summed E-state index contributed by atoms with van der Waals surface area (Å²) in [4.78, 5) is 11.5. The first kappa shape index (κ1) is 15.5. The molecule has 0 bridgehead atoms. The standard InChI is InChI=1S/C16H28O4Si/c1-15(2,3)21(16(4,5)6)18-9-11-10-7-14(17)19-12(10)8-13(11)20-21/h10-13H,7-9H2,1-6H3. The van der Waals surface area contributed by atoms with Crippen molar-refractivity contribution in [3.63, 3.8) is 0 Å². The fourth-order valence-corrected chi connectivity index (χ4v) is 9.71. The van der Waals surface area contributed by atoms with Crippen LogP contribution in [0.5, 0.6) is 0 Å². The summed E-state index contributed by atoms with van der Waals surface area (Å²) in [5, 5.41) is 0.0369. The number of fused-ring (bicyclic) bond motifs is 3. The molecule has 2 aliphatic heterocycles. The van der Waals surface area contributed by atoms with Crippen molar-refractivity contribution in [2.24, 2.45) is 11.8 Å². The van der Waals surface area contributed by atoms with E-state index in [2.05, 4.69) is 41.5 Å². The molecule has 4 nitrogen and oxygen atoms in total. The van der Waals surface area contributed by atoms with Crippen LogP contribution in [0.15, 0.2) is 0 Å². The van der Waals surface area contributed by atoms with Crippen molar-refractivity contribution in [2.75, 3.05) is 6.61 Å². The second-order valence-corrected chi connectivity index (χ2v) is 13.6. The number of hydrogen-bond acceptors (Lipinski definition) is 4. The zero-order valence-electron chi connectivity index (χ0n) is 14.1. The van der Waals surface area contributed by atoms with Gasteiger partial charge in [0.25, 0.3) is 0 Å². The lowest BCUT2D eigenvalue weighted by Gasteiger charge is -2.54. The largest absolute Gasteiger partial charge is 0.462 e. The van der Waals surface area contributed by atoms with Crippen molar-refractivity contribution >= 4 is 14.5 Å². The quantitative estimate of drug-likeness (QED) is 0.508. The van der Waals surface area contributed by atoms with E-state index >= 15 is 0 Å². The number of carbonyl (C=O) groups excluding carboxylic acids is 1. The summed E-state index contributed by atoms with van der Waals surface area (Å²) in [5.74, 6) is 0.574. The summed E-state index contributed by atoms with van der Waals surface area (Å²) in [5.41, 5.74) is 0. The van der Waals surface area contributed by atoms with Gasteiger partial charge in [-0.25, -0.2) is 0 Å². The molecule has 4 atom stereocenters. The van der Waals surface area contributed by atoms with E-state index in [1.165, 1.54) is 0 Å². The summed E-state index contributed by atoms with van der Waals surface area (Å²) in [7, 11) is -2.38. The molecule has 0 amide bonds. The smallest absolute Gasteiger partial charge is 0.349 e. The zero-order chi connectivity index (χ0) is 15.6. The molecule has 3 fully saturated rings. The van der Waals surface area contributed by atoms with E-state index in [-0.39, 0.29) is 28.3 Å². The first-order valence-corrected chi connectivity index (χ1v) is 9.88. The molecule has 2 saturated heterocycles. The van der Waals surface area contributed by atoms with Crippen LogP contribution in [-0.4, -0.2) is 33.3 Å². The van der Waals surface area contributed by atoms with Gasteiger partial charge in [0.1, 0.15) is 6.10 Å². The van der Waals surface area contributed by atoms with Crippen LogP contribution < -0.4 is 0 Å². The molecule has 2 heterocycles. The molecule has 21 heavy (non-hydrogen) atoms. The highest BCUT2D eigenvalue weighted by Gasteiger charge is 2.65. The van der Waals surface area contributed by atoms with Gasteiger partial charge in [0.2, 0.25) is 0 Å². The molecule has 1 saturated carbocycles. The Morgan fingerprint density at radius 3 is 2.19 bits per heavy atom. The molecular formula is C16H28O4Si. The van der Waals surface area contributed by atoms with Gasteiger partial charge in [-0.05, 0) is 0 Å². The third kappa shape index (κ3) is 2.20. The maximum absolute atomic E-state index is 11.5. The van der Waals surface area contributed by atoms with E-state index in [9.17, 15) is 4.79 Å². The van der Waals surface area contributed by atoms with E-state index < -0.39 is 8.56 Å². The molecule has 0 radical (unpaired) electrons. The van der Waals surface area contributed by atoms with E-state index in [0.717, 1.165) is 13.0 Å². The molecule has 120 valence electrons. The number of hydrogen-bond donors (Lipinski definition) is 0. The summed E-state index contributed by atoms with van der Waals surface area (Å²) < 4.78 is 18.7. The highest BCUT2D eigenvalue weighted by atomic mass is 28.4. The first-order chi connectivity index (χ1) is 9.55. The van der Waals surface area contributed by atoms with Crippen LogP contribution in [-0.2, 0) is 18.4 Å². The fraction of sp³-hybridized carbons (Fsp3) is 0.938. The normalized spacial score (nSPS) is 38.9. The highest BCUT2D eigenvalue weighted by Crippen LogP contribution is 2.57. The van der Waals surface area contributed by atoms with Crippen LogP contribution in [0.1, 0.15) is 54.4 Å². The summed E-state index contributed by atoms with van der Waals surface area (Å²) in [6, 6.07) is 0. The first-order valence-electron chi connectivity index (χ1n) is 8.06. The Kier molecular flexibility index (Phi) is 3.36. The molecule has 0 aromatic carbocycles. The van der Waals surface area contributed by atoms with Crippen LogP contribution in [0.25, 0.3) is 0 Å². The lowest BCUT2D eigenvalue weighted by Crippen LogP contribution is -2.63. The van der Waals surface area contributed by atoms with Crippen LogP contribution in [0.2, 0.25) is 10.1 Å². The fourth-order valence-electron chi connectivity index (χ4n) is 4.70. The van der Waals surface area contributed by atoms with Crippen LogP contribution >= 0.6 is 0 Å². The average molecular weight is 312 g/mol. The van der Waals surface area contributed by atoms with Crippen molar-refractivity contribution in [1.29, 1.82) is 0 Å². The van der Waals surface area contributed by atoms with Gasteiger partial charge in [-0.15, -0.1) is 0 Å². The van der Waals surface area contributed by atoms with Gasteiger partial charge in [-0.2, -0.15) is 0 Å². The number of esters is 1. The van der Waals surface area contributed by atoms with E-state index in [1.54, 1.807) is 0 Å². The molecule has 5 heteroatoms. The van der Waals surface area contributed by atoms with Crippen LogP contribution in [0, 0.1) is 11.8 Å². The molecule has 3 rings (SSSR count). The molecule has 0 aromatic heterocycles. The van der Waals surface area contributed by atoms with E-state index in [4.69, 9.17) is 13.6 Å². The molecule has 0 spiro atoms. The second-order valence-electron chi connectivity index (χ2n) is 8.88. The lowest BCUT2D eigenvalue weighted by atomic mass is 9.93. The Hall–Kier alpha value is -0.393. The van der Waals surface area contributed by atoms with E-state index in [0.29, 0.717) is 18.3 Å². The molecule has 3 aliphatic rings. The van der Waals surface area contributed by atoms with Crippen molar-refractivity contribution < 1.29 is 18.4 Å². The van der Waals surface area contributed by atoms with Gasteiger partial charge in [0.15, 0.2) is 0 Å². The number of rotatable bonds is 0. The van der Waals surface area contributed by atoms with Gasteiger partial charge >= 0.3 is 14.5 Å². The summed E-state index contributed by atoms with van der Waals surface area (Å²) >= 11 is 0. The van der Waals surface area contributed by atoms with Crippen molar-refractivity contribution in [3.8, 4) is 0 Å². The average Bonchev–Trinajstić information content (AvgIpc) is 2.80. The van der Waals surface area contributed by atoms with Gasteiger partial charge in [-0.3, -0.25) is 4.79 Å². The van der Waals surface area contributed by atoms with Crippen molar-refractivity contribution in [3.05, 3.63) is 0 Å². The number of ether oxygens (including phenoxy) is 1. The van der Waals surface area contributed by atoms with E-state index in [1.807, 2.05) is 0 Å². The topological polar surface area (TPSA) is 44.8 Å². The number of carbonyl (C=O) groups is 1. The van der Waals surface area contributed by atoms with Crippen LogP contribution in [0.4, 0.5) is 0 Å². The second kappa shape index (κ2) is 4.55. The molecule has 0 N–H and O–H groups in total. The third-order valence-electron chi connectivity index (χ3n) is 5.43. The minimum Gasteiger partial charge on any atom is -0.462 e. The van der Waals surface area contributed by atoms with Gasteiger partial charge in [-0.1, -0.05) is 41.5 Å². The Bertz CT molecular complexity index is 434. The van der Waals surface area contributed by atoms with Gasteiger partial charge < -0.3 is 13.6 Å². The monoisotopic (exact) mass is 312 g/mol. The molecule has 4 unspecified atom stereocenters. The predicted octanol–water partition coefficient (Wildman–Crippen LogP) is 3.40. The Labute approximate surface area is 128 Å². The Morgan fingerprint density at radius 2 is 1.62 bits per heavy atom. The SMILES string of the molecule is CC(C)(C)[Si]1(C(C)(C)C)OCC2C(CC3OC(=O)CC32)O1. The van der Waals surface area contributed by atoms with Crippen molar-refractivity contribution in [1.82, 2.24) is 0 Å². The lowest BCUT2D eigenvalue weighted by molar-refractivity contribution is -0.142. The highest BCUT2D eigenvalue weighted by molar-refractivity contribution is 6.73. The van der Waals surface area contributed by atoms with Gasteiger partial charge in [0.05, 0.1) is 12.5 Å². The summed E-state index contributed by atoms with van der Waals surface area (Å²) in [6.45, 7) is 14.1. The van der Waals surface area contributed by atoms with Crippen LogP contribution in [0.3, 0.4) is 0 Å². The summed E-state index contributed by atoms with van der Waals surface area (Å²) in [6.07, 6.45) is 1.65. The predicted molar refractivity (Wildman–Crippen MR) is 82.1 cm³/mol. The molecule has 1 aliphatic carbocycles. The minimum atomic E-state index is -2.38. The Morgan fingerprint density at radius 1 is 1.00 bits per heavy atom. The molecular weight excluding hydrogens is 284 g/mol. The molecule has 0 aromatic rings. The van der Waals surface area contributed by atoms with Gasteiger partial charge in [0, 0.05) is 34.9 Å². The Balaban J connectivity index is 1.86. The maximum atomic E-state index is 11.5. The minimum absolute atomic E-state index is 0.0184. The third-order valence-corrected chi connectivity index (χ3v) is 10.6.